The van der Waals surface area contributed by atoms with Crippen molar-refractivity contribution in [2.45, 2.75) is 4.90 Å². The maximum atomic E-state index is 15.1. The number of ketones is 1. The number of benzene rings is 2. The minimum absolute atomic E-state index is 0.0344. The number of rotatable bonds is 5. The zero-order valence-electron chi connectivity index (χ0n) is 15.3. The van der Waals surface area contributed by atoms with E-state index < -0.39 is 21.6 Å². The normalized spacial score (nSPS) is 11.2. The second-order valence-corrected chi connectivity index (χ2v) is 8.03. The third-order valence-electron chi connectivity index (χ3n) is 4.45. The fourth-order valence-electron chi connectivity index (χ4n) is 2.99. The van der Waals surface area contributed by atoms with Crippen LogP contribution in [0.15, 0.2) is 71.9 Å². The van der Waals surface area contributed by atoms with E-state index in [1.165, 1.54) is 48.8 Å². The highest BCUT2D eigenvalue weighted by Gasteiger charge is 2.23. The van der Waals surface area contributed by atoms with Crippen LogP contribution in [0.3, 0.4) is 0 Å². The van der Waals surface area contributed by atoms with Crippen LogP contribution in [0.25, 0.3) is 11.0 Å². The number of H-pyrrole nitrogens is 1. The zero-order valence-corrected chi connectivity index (χ0v) is 16.1. The molecule has 2 N–H and O–H groups in total. The minimum Gasteiger partial charge on any atom is -0.345 e. The van der Waals surface area contributed by atoms with Gasteiger partial charge in [-0.1, -0.05) is 24.3 Å². The molecular formula is C21H13FN4O3S. The lowest BCUT2D eigenvalue weighted by molar-refractivity contribution is 0.103. The maximum Gasteiger partial charge on any atom is 0.261 e. The number of nitriles is 1. The summed E-state index contributed by atoms with van der Waals surface area (Å²) in [5, 5.41) is 9.42. The van der Waals surface area contributed by atoms with Gasteiger partial charge in [-0.15, -0.1) is 0 Å². The fraction of sp³-hybridized carbons (Fsp3) is 0. The highest BCUT2D eigenvalue weighted by molar-refractivity contribution is 7.92. The fourth-order valence-corrected chi connectivity index (χ4v) is 4.07. The van der Waals surface area contributed by atoms with Crippen molar-refractivity contribution in [2.75, 3.05) is 4.72 Å². The average molecular weight is 420 g/mol. The van der Waals surface area contributed by atoms with E-state index in [0.29, 0.717) is 11.0 Å². The van der Waals surface area contributed by atoms with E-state index in [2.05, 4.69) is 14.7 Å². The summed E-state index contributed by atoms with van der Waals surface area (Å²) in [5.41, 5.74) is 0.0863. The van der Waals surface area contributed by atoms with Gasteiger partial charge in [-0.2, -0.15) is 5.26 Å². The number of halogens is 1. The number of nitrogens with zero attached hydrogens (tertiary/aromatic N) is 2. The molecule has 0 radical (unpaired) electrons. The number of aromatic amines is 1. The molecule has 0 spiro atoms. The van der Waals surface area contributed by atoms with Crippen LogP contribution < -0.4 is 4.72 Å². The highest BCUT2D eigenvalue weighted by Crippen LogP contribution is 2.26. The van der Waals surface area contributed by atoms with Gasteiger partial charge in [-0.05, 0) is 30.3 Å². The average Bonchev–Trinajstić information content (AvgIpc) is 3.18. The number of sulfonamides is 1. The number of aromatic nitrogens is 2. The molecule has 2 heterocycles. The molecule has 4 rings (SSSR count). The summed E-state index contributed by atoms with van der Waals surface area (Å²) in [4.78, 5) is 19.8. The second kappa shape index (κ2) is 7.42. The molecule has 0 aliphatic carbocycles. The van der Waals surface area contributed by atoms with Crippen molar-refractivity contribution in [3.05, 3.63) is 89.5 Å². The third-order valence-corrected chi connectivity index (χ3v) is 5.83. The second-order valence-electron chi connectivity index (χ2n) is 6.35. The number of fused-ring (bicyclic) bond motifs is 1. The van der Waals surface area contributed by atoms with Gasteiger partial charge in [0.1, 0.15) is 11.7 Å². The molecule has 0 amide bonds. The lowest BCUT2D eigenvalue weighted by Gasteiger charge is -2.11. The van der Waals surface area contributed by atoms with E-state index in [0.717, 1.165) is 0 Å². The van der Waals surface area contributed by atoms with Gasteiger partial charge in [0.2, 0.25) is 0 Å². The molecule has 0 aliphatic heterocycles. The SMILES string of the molecule is N#Cc1cnc2[nH]cc(C(=O)c3cccc(NS(=O)(=O)c4ccccc4)c3F)c2c1. The van der Waals surface area contributed by atoms with Gasteiger partial charge in [-0.3, -0.25) is 9.52 Å². The van der Waals surface area contributed by atoms with Crippen LogP contribution in [0.2, 0.25) is 0 Å². The number of pyridine rings is 1. The summed E-state index contributed by atoms with van der Waals surface area (Å²) in [5.74, 6) is -1.67. The Morgan fingerprint density at radius 3 is 2.60 bits per heavy atom. The molecule has 9 heteroatoms. The van der Waals surface area contributed by atoms with Crippen LogP contribution in [0.4, 0.5) is 10.1 Å². The van der Waals surface area contributed by atoms with Gasteiger partial charge in [0.05, 0.1) is 21.7 Å². The lowest BCUT2D eigenvalue weighted by Crippen LogP contribution is -2.15. The number of carbonyl (C=O) groups is 1. The van der Waals surface area contributed by atoms with Crippen LogP contribution in [0.5, 0.6) is 0 Å². The van der Waals surface area contributed by atoms with Crippen LogP contribution in [0.1, 0.15) is 21.5 Å². The molecule has 0 atom stereocenters. The monoisotopic (exact) mass is 420 g/mol. The third kappa shape index (κ3) is 3.40. The number of anilines is 1. The van der Waals surface area contributed by atoms with Crippen LogP contribution in [0, 0.1) is 17.1 Å². The first kappa shape index (κ1) is 19.3. The summed E-state index contributed by atoms with van der Waals surface area (Å²) in [6, 6.07) is 14.8. The lowest BCUT2D eigenvalue weighted by atomic mass is 10.0. The predicted octanol–water partition coefficient (Wildman–Crippen LogP) is 3.61. The summed E-state index contributed by atoms with van der Waals surface area (Å²) >= 11 is 0. The van der Waals surface area contributed by atoms with E-state index in [1.807, 2.05) is 6.07 Å². The Morgan fingerprint density at radius 2 is 1.87 bits per heavy atom. The molecule has 148 valence electrons. The number of carbonyl (C=O) groups excluding carboxylic acids is 1. The van der Waals surface area contributed by atoms with Gasteiger partial charge in [-0.25, -0.2) is 17.8 Å². The van der Waals surface area contributed by atoms with Gasteiger partial charge in [0.15, 0.2) is 11.6 Å². The Morgan fingerprint density at radius 1 is 1.10 bits per heavy atom. The first-order chi connectivity index (χ1) is 14.4. The van der Waals surface area contributed by atoms with Gasteiger partial charge < -0.3 is 4.98 Å². The molecule has 4 aromatic rings. The van der Waals surface area contributed by atoms with Crippen molar-refractivity contribution in [1.82, 2.24) is 9.97 Å². The first-order valence-corrected chi connectivity index (χ1v) is 10.2. The van der Waals surface area contributed by atoms with Crippen molar-refractivity contribution >= 4 is 32.5 Å². The topological polar surface area (TPSA) is 116 Å². The molecule has 2 aromatic carbocycles. The standard InChI is InChI=1S/C21H13FN4O3S/c22-19-15(20(27)17-12-25-21-16(17)9-13(10-23)11-24-21)7-4-8-18(19)26-30(28,29)14-5-2-1-3-6-14/h1-9,11-12,26H,(H,24,25). The largest absolute Gasteiger partial charge is 0.345 e. The molecular weight excluding hydrogens is 407 g/mol. The van der Waals surface area contributed by atoms with Crippen LogP contribution in [-0.2, 0) is 10.0 Å². The van der Waals surface area contributed by atoms with Crippen molar-refractivity contribution in [3.63, 3.8) is 0 Å². The highest BCUT2D eigenvalue weighted by atomic mass is 32.2. The Balaban J connectivity index is 1.74. The van der Waals surface area contributed by atoms with E-state index in [1.54, 1.807) is 18.2 Å². The predicted molar refractivity (Wildman–Crippen MR) is 108 cm³/mol. The number of hydrogen-bond donors (Lipinski definition) is 2. The summed E-state index contributed by atoms with van der Waals surface area (Å²) in [6.07, 6.45) is 2.73. The smallest absolute Gasteiger partial charge is 0.261 e. The van der Waals surface area contributed by atoms with E-state index in [-0.39, 0.29) is 27.3 Å². The number of nitrogens with one attached hydrogen (secondary N) is 2. The molecule has 2 aromatic heterocycles. The van der Waals surface area contributed by atoms with Crippen molar-refractivity contribution < 1.29 is 17.6 Å². The Kier molecular flexibility index (Phi) is 4.77. The Hall–Kier alpha value is -4.03. The van der Waals surface area contributed by atoms with Gasteiger partial charge >= 0.3 is 0 Å². The van der Waals surface area contributed by atoms with Gasteiger partial charge in [0, 0.05) is 23.3 Å². The van der Waals surface area contributed by atoms with Crippen molar-refractivity contribution in [3.8, 4) is 6.07 Å². The summed E-state index contributed by atoms with van der Waals surface area (Å²) in [6.45, 7) is 0. The van der Waals surface area contributed by atoms with Crippen molar-refractivity contribution in [2.24, 2.45) is 0 Å². The van der Waals surface area contributed by atoms with Crippen LogP contribution in [-0.4, -0.2) is 24.2 Å². The zero-order chi connectivity index (χ0) is 21.3. The maximum absolute atomic E-state index is 15.1. The summed E-state index contributed by atoms with van der Waals surface area (Å²) in [7, 11) is -4.03. The summed E-state index contributed by atoms with van der Waals surface area (Å²) < 4.78 is 42.3. The molecule has 0 fully saturated rings. The van der Waals surface area contributed by atoms with E-state index in [4.69, 9.17) is 5.26 Å². The molecule has 30 heavy (non-hydrogen) atoms. The van der Waals surface area contributed by atoms with Crippen molar-refractivity contribution in [1.29, 1.82) is 5.26 Å². The Bertz CT molecular complexity index is 1420. The molecule has 0 saturated heterocycles. The molecule has 0 aliphatic rings. The van der Waals surface area contributed by atoms with E-state index >= 15 is 4.39 Å². The number of hydrogen-bond acceptors (Lipinski definition) is 5. The minimum atomic E-state index is -4.03. The molecule has 0 saturated carbocycles. The first-order valence-electron chi connectivity index (χ1n) is 8.69. The molecule has 0 bridgehead atoms. The molecule has 7 nitrogen and oxygen atoms in total. The quantitative estimate of drug-likeness (QED) is 0.479. The van der Waals surface area contributed by atoms with Gasteiger partial charge in [0.25, 0.3) is 10.0 Å². The Labute approximate surface area is 170 Å². The van der Waals surface area contributed by atoms with Crippen LogP contribution >= 0.6 is 0 Å². The molecule has 0 unspecified atom stereocenters. The van der Waals surface area contributed by atoms with E-state index in [9.17, 15) is 13.2 Å².